The first kappa shape index (κ1) is 20.2. The van der Waals surface area contributed by atoms with E-state index in [1.54, 1.807) is 0 Å². The van der Waals surface area contributed by atoms with Crippen molar-refractivity contribution in [2.45, 2.75) is 31.2 Å². The Kier molecular flexibility index (Phi) is 6.05. The normalized spacial score (nSPS) is 18.3. The lowest BCUT2D eigenvalue weighted by molar-refractivity contribution is 0.0993. The Labute approximate surface area is 181 Å². The lowest BCUT2D eigenvalue weighted by Gasteiger charge is -2.32. The number of ketones is 1. The summed E-state index contributed by atoms with van der Waals surface area (Å²) >= 11 is 12.4. The van der Waals surface area contributed by atoms with Crippen molar-refractivity contribution in [2.75, 3.05) is 7.05 Å². The number of hydrogen-bond acceptors (Lipinski definition) is 2. The van der Waals surface area contributed by atoms with E-state index in [-0.39, 0.29) is 17.7 Å². The summed E-state index contributed by atoms with van der Waals surface area (Å²) in [5.74, 6) is 0.423. The summed E-state index contributed by atoms with van der Waals surface area (Å²) in [4.78, 5) is 12.6. The third-order valence-electron chi connectivity index (χ3n) is 5.80. The minimum Gasteiger partial charge on any atom is -0.313 e. The fourth-order valence-electron chi connectivity index (χ4n) is 4.28. The van der Waals surface area contributed by atoms with E-state index in [0.717, 1.165) is 24.0 Å². The third-order valence-corrected chi connectivity index (χ3v) is 6.54. The van der Waals surface area contributed by atoms with Crippen molar-refractivity contribution in [1.29, 1.82) is 0 Å². The van der Waals surface area contributed by atoms with Gasteiger partial charge in [-0.05, 0) is 54.3 Å². The Balaban J connectivity index is 1.66. The lowest BCUT2D eigenvalue weighted by Crippen LogP contribution is -2.24. The van der Waals surface area contributed by atoms with Gasteiger partial charge in [0.25, 0.3) is 0 Å². The quantitative estimate of drug-likeness (QED) is 0.467. The highest BCUT2D eigenvalue weighted by molar-refractivity contribution is 6.42. The molecule has 0 fully saturated rings. The SMILES string of the molecule is CN[C@H]1CC[C@@H](c2ccc(Cl)c(Cl)c2)c2ccc(CC(=O)c3ccccc3)cc21. The van der Waals surface area contributed by atoms with Crippen molar-refractivity contribution in [3.63, 3.8) is 0 Å². The molecule has 1 N–H and O–H groups in total. The molecule has 3 aromatic carbocycles. The first-order chi connectivity index (χ1) is 14.1. The van der Waals surface area contributed by atoms with E-state index in [1.807, 2.05) is 49.5 Å². The number of benzene rings is 3. The number of halogens is 2. The second-order valence-electron chi connectivity index (χ2n) is 7.57. The Hall–Kier alpha value is -2.13. The van der Waals surface area contributed by atoms with Crippen molar-refractivity contribution >= 4 is 29.0 Å². The van der Waals surface area contributed by atoms with Crippen LogP contribution in [-0.4, -0.2) is 12.8 Å². The van der Waals surface area contributed by atoms with E-state index >= 15 is 0 Å². The zero-order chi connectivity index (χ0) is 20.4. The summed E-state index contributed by atoms with van der Waals surface area (Å²) in [5.41, 5.74) is 5.55. The van der Waals surface area contributed by atoms with E-state index in [2.05, 4.69) is 29.6 Å². The Morgan fingerprint density at radius 2 is 1.72 bits per heavy atom. The van der Waals surface area contributed by atoms with Crippen LogP contribution < -0.4 is 5.32 Å². The molecule has 3 aromatic rings. The zero-order valence-corrected chi connectivity index (χ0v) is 17.8. The lowest BCUT2D eigenvalue weighted by atomic mass is 9.76. The van der Waals surface area contributed by atoms with E-state index in [1.165, 1.54) is 16.7 Å². The number of carbonyl (C=O) groups is 1. The number of hydrogen-bond donors (Lipinski definition) is 1. The smallest absolute Gasteiger partial charge is 0.167 e. The molecule has 29 heavy (non-hydrogen) atoms. The largest absolute Gasteiger partial charge is 0.313 e. The van der Waals surface area contributed by atoms with Gasteiger partial charge in [-0.15, -0.1) is 0 Å². The highest BCUT2D eigenvalue weighted by Crippen LogP contribution is 2.42. The maximum absolute atomic E-state index is 12.6. The molecular formula is C25H23Cl2NO. The first-order valence-corrected chi connectivity index (χ1v) is 10.7. The van der Waals surface area contributed by atoms with Crippen LogP contribution >= 0.6 is 23.2 Å². The highest BCUT2D eigenvalue weighted by atomic mass is 35.5. The van der Waals surface area contributed by atoms with Gasteiger partial charge in [-0.3, -0.25) is 4.79 Å². The van der Waals surface area contributed by atoms with Crippen LogP contribution in [0.3, 0.4) is 0 Å². The summed E-state index contributed by atoms with van der Waals surface area (Å²) in [6.45, 7) is 0. The van der Waals surface area contributed by atoms with Crippen LogP contribution in [0.1, 0.15) is 57.4 Å². The van der Waals surface area contributed by atoms with Gasteiger partial charge in [0.05, 0.1) is 10.0 Å². The number of carbonyl (C=O) groups excluding carboxylic acids is 1. The zero-order valence-electron chi connectivity index (χ0n) is 16.3. The molecule has 0 aliphatic heterocycles. The molecule has 0 saturated carbocycles. The minimum atomic E-state index is 0.142. The standard InChI is InChI=1S/C25H23Cl2NO/c1-28-24-12-10-19(18-8-11-22(26)23(27)15-18)20-9-7-16(13-21(20)24)14-25(29)17-5-3-2-4-6-17/h2-9,11,13,15,19,24,28H,10,12,14H2,1H3/t19-,24-/m0/s1. The molecule has 0 spiro atoms. The molecule has 0 saturated heterocycles. The number of rotatable bonds is 5. The molecule has 2 nitrogen and oxygen atoms in total. The molecule has 0 unspecified atom stereocenters. The molecule has 4 heteroatoms. The second kappa shape index (κ2) is 8.71. The summed E-state index contributed by atoms with van der Waals surface area (Å²) in [7, 11) is 2.00. The highest BCUT2D eigenvalue weighted by Gasteiger charge is 2.28. The van der Waals surface area contributed by atoms with Gasteiger partial charge in [0.1, 0.15) is 0 Å². The van der Waals surface area contributed by atoms with E-state index in [4.69, 9.17) is 23.2 Å². The van der Waals surface area contributed by atoms with Gasteiger partial charge in [-0.25, -0.2) is 0 Å². The fourth-order valence-corrected chi connectivity index (χ4v) is 4.59. The van der Waals surface area contributed by atoms with Crippen LogP contribution in [0.25, 0.3) is 0 Å². The summed E-state index contributed by atoms with van der Waals surface area (Å²) in [5, 5.41) is 4.60. The fraction of sp³-hybridized carbons (Fsp3) is 0.240. The predicted molar refractivity (Wildman–Crippen MR) is 120 cm³/mol. The van der Waals surface area contributed by atoms with E-state index in [0.29, 0.717) is 16.5 Å². The molecule has 1 aliphatic carbocycles. The molecule has 0 radical (unpaired) electrons. The molecule has 0 heterocycles. The Morgan fingerprint density at radius 3 is 2.45 bits per heavy atom. The molecule has 4 rings (SSSR count). The maximum Gasteiger partial charge on any atom is 0.167 e. The van der Waals surface area contributed by atoms with Crippen LogP contribution in [0.2, 0.25) is 10.0 Å². The Morgan fingerprint density at radius 1 is 0.931 bits per heavy atom. The number of Topliss-reactive ketones (excluding diaryl/α,β-unsaturated/α-hetero) is 1. The van der Waals surface area contributed by atoms with E-state index < -0.39 is 0 Å². The maximum atomic E-state index is 12.6. The topological polar surface area (TPSA) is 29.1 Å². The monoisotopic (exact) mass is 423 g/mol. The number of fused-ring (bicyclic) bond motifs is 1. The molecule has 0 amide bonds. The second-order valence-corrected chi connectivity index (χ2v) is 8.39. The molecule has 0 bridgehead atoms. The minimum absolute atomic E-state index is 0.142. The first-order valence-electron chi connectivity index (χ1n) is 9.90. The van der Waals surface area contributed by atoms with Gasteiger partial charge < -0.3 is 5.32 Å². The average Bonchev–Trinajstić information content (AvgIpc) is 2.75. The number of nitrogens with one attached hydrogen (secondary N) is 1. The Bertz CT molecular complexity index is 1030. The predicted octanol–water partition coefficient (Wildman–Crippen LogP) is 6.61. The van der Waals surface area contributed by atoms with Crippen LogP contribution in [0, 0.1) is 0 Å². The molecule has 0 aromatic heterocycles. The van der Waals surface area contributed by atoms with Crippen molar-refractivity contribution < 1.29 is 4.79 Å². The van der Waals surface area contributed by atoms with Gasteiger partial charge in [0.15, 0.2) is 5.78 Å². The van der Waals surface area contributed by atoms with Gasteiger partial charge in [-0.2, -0.15) is 0 Å². The van der Waals surface area contributed by atoms with Crippen molar-refractivity contribution in [1.82, 2.24) is 5.32 Å². The molecule has 148 valence electrons. The van der Waals surface area contributed by atoms with Crippen LogP contribution in [0.5, 0.6) is 0 Å². The van der Waals surface area contributed by atoms with Crippen molar-refractivity contribution in [3.8, 4) is 0 Å². The van der Waals surface area contributed by atoms with Gasteiger partial charge in [0, 0.05) is 23.9 Å². The molecular weight excluding hydrogens is 401 g/mol. The van der Waals surface area contributed by atoms with Crippen LogP contribution in [0.15, 0.2) is 66.7 Å². The van der Waals surface area contributed by atoms with Gasteiger partial charge in [-0.1, -0.05) is 77.8 Å². The molecule has 2 atom stereocenters. The van der Waals surface area contributed by atoms with Gasteiger partial charge in [0.2, 0.25) is 0 Å². The van der Waals surface area contributed by atoms with Crippen molar-refractivity contribution in [2.24, 2.45) is 0 Å². The van der Waals surface area contributed by atoms with Crippen LogP contribution in [0.4, 0.5) is 0 Å². The van der Waals surface area contributed by atoms with Crippen molar-refractivity contribution in [3.05, 3.63) is 105 Å². The van der Waals surface area contributed by atoms with Crippen LogP contribution in [-0.2, 0) is 6.42 Å². The summed E-state index contributed by atoms with van der Waals surface area (Å²) in [6, 6.07) is 22.1. The third kappa shape index (κ3) is 4.25. The average molecular weight is 424 g/mol. The summed E-state index contributed by atoms with van der Waals surface area (Å²) < 4.78 is 0. The van der Waals surface area contributed by atoms with Gasteiger partial charge >= 0.3 is 0 Å². The summed E-state index contributed by atoms with van der Waals surface area (Å²) in [6.07, 6.45) is 2.48. The van der Waals surface area contributed by atoms with E-state index in [9.17, 15) is 4.79 Å². The molecule has 1 aliphatic rings.